The third-order valence-electron chi connectivity index (χ3n) is 2.51. The highest BCUT2D eigenvalue weighted by molar-refractivity contribution is 14.0. The molecular formula is C12H28IN3S. The van der Waals surface area contributed by atoms with Crippen LogP contribution in [-0.4, -0.2) is 36.1 Å². The van der Waals surface area contributed by atoms with Crippen LogP contribution in [0.5, 0.6) is 0 Å². The van der Waals surface area contributed by atoms with Crippen molar-refractivity contribution in [3.05, 3.63) is 0 Å². The summed E-state index contributed by atoms with van der Waals surface area (Å²) in [7, 11) is 0. The Bertz CT molecular complexity index is 220. The lowest BCUT2D eigenvalue weighted by Crippen LogP contribution is -2.42. The molecule has 0 aliphatic heterocycles. The number of hydrogen-bond donors (Lipinski definition) is 2. The highest BCUT2D eigenvalue weighted by Crippen LogP contribution is 2.20. The first-order chi connectivity index (χ1) is 7.45. The fourth-order valence-electron chi connectivity index (χ4n) is 0.989. The summed E-state index contributed by atoms with van der Waals surface area (Å²) >= 11 is 1.85. The molecule has 3 nitrogen and oxygen atoms in total. The second-order valence-electron chi connectivity index (χ2n) is 4.61. The van der Waals surface area contributed by atoms with E-state index < -0.39 is 0 Å². The number of rotatable bonds is 6. The average Bonchev–Trinajstić information content (AvgIpc) is 2.26. The highest BCUT2D eigenvalue weighted by Gasteiger charge is 2.15. The van der Waals surface area contributed by atoms with E-state index in [2.05, 4.69) is 56.5 Å². The first kappa shape index (κ1) is 19.7. The standard InChI is InChI=1S/C12H27N3S.HI/c1-7-10(3)15-11(13-8-2)14-9-12(4,5)16-6;/h10H,7-9H2,1-6H3,(H2,13,14,15);1H. The van der Waals surface area contributed by atoms with Gasteiger partial charge in [0.2, 0.25) is 0 Å². The smallest absolute Gasteiger partial charge is 0.191 e. The minimum atomic E-state index is 0. The van der Waals surface area contributed by atoms with Gasteiger partial charge >= 0.3 is 0 Å². The molecule has 5 heteroatoms. The molecule has 104 valence electrons. The summed E-state index contributed by atoms with van der Waals surface area (Å²) in [5.74, 6) is 0.930. The van der Waals surface area contributed by atoms with Gasteiger partial charge in [-0.15, -0.1) is 24.0 Å². The van der Waals surface area contributed by atoms with Crippen molar-refractivity contribution in [3.63, 3.8) is 0 Å². The lowest BCUT2D eigenvalue weighted by atomic mass is 10.2. The van der Waals surface area contributed by atoms with Crippen molar-refractivity contribution < 1.29 is 0 Å². The molecule has 0 aromatic heterocycles. The first-order valence-electron chi connectivity index (χ1n) is 6.05. The summed E-state index contributed by atoms with van der Waals surface area (Å²) in [5.41, 5.74) is 0. The van der Waals surface area contributed by atoms with Gasteiger partial charge in [0.15, 0.2) is 5.96 Å². The van der Waals surface area contributed by atoms with Gasteiger partial charge in [0.05, 0.1) is 6.54 Å². The van der Waals surface area contributed by atoms with Crippen molar-refractivity contribution in [2.45, 2.75) is 51.8 Å². The van der Waals surface area contributed by atoms with Gasteiger partial charge in [-0.25, -0.2) is 0 Å². The molecule has 0 bridgehead atoms. The van der Waals surface area contributed by atoms with Gasteiger partial charge in [-0.1, -0.05) is 6.92 Å². The van der Waals surface area contributed by atoms with Crippen LogP contribution in [0, 0.1) is 0 Å². The molecule has 0 fully saturated rings. The van der Waals surface area contributed by atoms with E-state index in [0.717, 1.165) is 25.5 Å². The molecule has 0 rings (SSSR count). The van der Waals surface area contributed by atoms with Crippen LogP contribution in [0.3, 0.4) is 0 Å². The largest absolute Gasteiger partial charge is 0.357 e. The van der Waals surface area contributed by atoms with Crippen LogP contribution in [0.15, 0.2) is 4.99 Å². The normalized spacial score (nSPS) is 13.9. The van der Waals surface area contributed by atoms with Gasteiger partial charge in [-0.3, -0.25) is 4.99 Å². The van der Waals surface area contributed by atoms with Crippen LogP contribution >= 0.6 is 35.7 Å². The Hall–Kier alpha value is 0.350. The number of halogens is 1. The molecule has 0 spiro atoms. The number of nitrogens with zero attached hydrogens (tertiary/aromatic N) is 1. The summed E-state index contributed by atoms with van der Waals surface area (Å²) in [5, 5.41) is 6.67. The van der Waals surface area contributed by atoms with Crippen LogP contribution in [-0.2, 0) is 0 Å². The van der Waals surface area contributed by atoms with Crippen molar-refractivity contribution in [3.8, 4) is 0 Å². The zero-order chi connectivity index (χ0) is 12.6. The van der Waals surface area contributed by atoms with E-state index in [9.17, 15) is 0 Å². The Kier molecular flexibility index (Phi) is 11.9. The van der Waals surface area contributed by atoms with Crippen LogP contribution in [0.25, 0.3) is 0 Å². The van der Waals surface area contributed by atoms with E-state index in [0.29, 0.717) is 6.04 Å². The molecule has 0 aromatic carbocycles. The van der Waals surface area contributed by atoms with Crippen molar-refractivity contribution in [2.24, 2.45) is 4.99 Å². The number of thioether (sulfide) groups is 1. The molecule has 17 heavy (non-hydrogen) atoms. The second-order valence-corrected chi connectivity index (χ2v) is 6.13. The van der Waals surface area contributed by atoms with Crippen molar-refractivity contribution in [2.75, 3.05) is 19.3 Å². The lowest BCUT2D eigenvalue weighted by Gasteiger charge is -2.21. The topological polar surface area (TPSA) is 36.4 Å². The van der Waals surface area contributed by atoms with Gasteiger partial charge in [0.25, 0.3) is 0 Å². The third-order valence-corrected chi connectivity index (χ3v) is 3.74. The van der Waals surface area contributed by atoms with Crippen LogP contribution < -0.4 is 10.6 Å². The molecule has 0 heterocycles. The molecule has 0 saturated heterocycles. The number of aliphatic imine (C=N–C) groups is 1. The van der Waals surface area contributed by atoms with Crippen LogP contribution in [0.2, 0.25) is 0 Å². The van der Waals surface area contributed by atoms with Crippen LogP contribution in [0.4, 0.5) is 0 Å². The van der Waals surface area contributed by atoms with E-state index in [1.807, 2.05) is 11.8 Å². The summed E-state index contributed by atoms with van der Waals surface area (Å²) < 4.78 is 0.206. The number of hydrogen-bond acceptors (Lipinski definition) is 2. The average molecular weight is 373 g/mol. The molecule has 0 aromatic rings. The van der Waals surface area contributed by atoms with Crippen LogP contribution in [0.1, 0.15) is 41.0 Å². The van der Waals surface area contributed by atoms with E-state index in [1.165, 1.54) is 0 Å². The third kappa shape index (κ3) is 10.00. The Morgan fingerprint density at radius 3 is 2.35 bits per heavy atom. The minimum absolute atomic E-state index is 0. The van der Waals surface area contributed by atoms with E-state index in [4.69, 9.17) is 0 Å². The van der Waals surface area contributed by atoms with Crippen molar-refractivity contribution in [1.29, 1.82) is 0 Å². The quantitative estimate of drug-likeness (QED) is 0.427. The maximum absolute atomic E-state index is 4.62. The van der Waals surface area contributed by atoms with E-state index in [1.54, 1.807) is 0 Å². The predicted molar refractivity (Wildman–Crippen MR) is 91.9 cm³/mol. The summed E-state index contributed by atoms with van der Waals surface area (Å²) in [4.78, 5) is 4.62. The summed E-state index contributed by atoms with van der Waals surface area (Å²) in [6.45, 7) is 12.6. The monoisotopic (exact) mass is 373 g/mol. The molecule has 0 amide bonds. The fraction of sp³-hybridized carbons (Fsp3) is 0.917. The maximum atomic E-state index is 4.62. The van der Waals surface area contributed by atoms with Crippen molar-refractivity contribution in [1.82, 2.24) is 10.6 Å². The fourth-order valence-corrected chi connectivity index (χ4v) is 1.18. The van der Waals surface area contributed by atoms with Gasteiger partial charge in [0, 0.05) is 17.3 Å². The molecule has 1 atom stereocenters. The maximum Gasteiger partial charge on any atom is 0.191 e. The predicted octanol–water partition coefficient (Wildman–Crippen LogP) is 3.10. The SMILES string of the molecule is CCNC(=NCC(C)(C)SC)NC(C)CC.I. The van der Waals surface area contributed by atoms with E-state index in [-0.39, 0.29) is 28.7 Å². The molecule has 0 saturated carbocycles. The van der Waals surface area contributed by atoms with E-state index >= 15 is 0 Å². The minimum Gasteiger partial charge on any atom is -0.357 e. The lowest BCUT2D eigenvalue weighted by molar-refractivity contribution is 0.620. The Labute approximate surface area is 128 Å². The molecule has 0 aliphatic rings. The van der Waals surface area contributed by atoms with Crippen molar-refractivity contribution >= 4 is 41.7 Å². The van der Waals surface area contributed by atoms with Gasteiger partial charge in [-0.05, 0) is 40.4 Å². The summed E-state index contributed by atoms with van der Waals surface area (Å²) in [6.07, 6.45) is 3.24. The first-order valence-corrected chi connectivity index (χ1v) is 7.27. The molecule has 0 radical (unpaired) electrons. The van der Waals surface area contributed by atoms with Gasteiger partial charge in [-0.2, -0.15) is 11.8 Å². The van der Waals surface area contributed by atoms with Gasteiger partial charge < -0.3 is 10.6 Å². The number of nitrogens with one attached hydrogen (secondary N) is 2. The zero-order valence-corrected chi connectivity index (χ0v) is 15.1. The molecule has 1 unspecified atom stereocenters. The summed E-state index contributed by atoms with van der Waals surface area (Å²) in [6, 6.07) is 0.468. The molecular weight excluding hydrogens is 345 g/mol. The zero-order valence-electron chi connectivity index (χ0n) is 12.0. The Morgan fingerprint density at radius 2 is 1.94 bits per heavy atom. The Morgan fingerprint density at radius 1 is 1.35 bits per heavy atom. The second kappa shape index (κ2) is 10.3. The van der Waals surface area contributed by atoms with Gasteiger partial charge in [0.1, 0.15) is 0 Å². The highest BCUT2D eigenvalue weighted by atomic mass is 127. The molecule has 0 aliphatic carbocycles. The number of guanidine groups is 1. The Balaban J connectivity index is 0. The molecule has 2 N–H and O–H groups in total.